The highest BCUT2D eigenvalue weighted by atomic mass is 16.7. The third-order valence-corrected chi connectivity index (χ3v) is 7.58. The van der Waals surface area contributed by atoms with Crippen LogP contribution in [0.25, 0.3) is 0 Å². The van der Waals surface area contributed by atoms with E-state index in [4.69, 9.17) is 4.84 Å². The second-order valence-corrected chi connectivity index (χ2v) is 9.86. The van der Waals surface area contributed by atoms with E-state index in [1.165, 1.54) is 64.5 Å². The first-order valence-electron chi connectivity index (χ1n) is 11.4. The lowest BCUT2D eigenvalue weighted by atomic mass is 9.82. The van der Waals surface area contributed by atoms with Crippen LogP contribution in [-0.2, 0) is 4.84 Å². The second kappa shape index (κ2) is 9.06. The summed E-state index contributed by atoms with van der Waals surface area (Å²) in [7, 11) is 4.32. The van der Waals surface area contributed by atoms with E-state index < -0.39 is 0 Å². The van der Waals surface area contributed by atoms with Gasteiger partial charge in [-0.05, 0) is 71.0 Å². The van der Waals surface area contributed by atoms with E-state index in [2.05, 4.69) is 46.9 Å². The Balaban J connectivity index is 1.25. The maximum absolute atomic E-state index is 6.07. The predicted octanol–water partition coefficient (Wildman–Crippen LogP) is 1.94. The molecule has 0 aromatic rings. The molecule has 1 aliphatic carbocycles. The van der Waals surface area contributed by atoms with Crippen molar-refractivity contribution in [2.45, 2.75) is 82.9 Å². The average molecular weight is 380 g/mol. The van der Waals surface area contributed by atoms with E-state index >= 15 is 0 Å². The van der Waals surface area contributed by atoms with Crippen molar-refractivity contribution < 1.29 is 4.84 Å². The minimum atomic E-state index is 0.145. The highest BCUT2D eigenvalue weighted by Gasteiger charge is 2.41. The van der Waals surface area contributed by atoms with Gasteiger partial charge in [-0.15, -0.1) is 0 Å². The summed E-state index contributed by atoms with van der Waals surface area (Å²) in [6.07, 6.45) is 11.7. The minimum absolute atomic E-state index is 0.145. The van der Waals surface area contributed by atoms with Gasteiger partial charge in [0.15, 0.2) is 0 Å². The molecule has 3 N–H and O–H groups in total. The van der Waals surface area contributed by atoms with Gasteiger partial charge >= 0.3 is 0 Å². The van der Waals surface area contributed by atoms with Crippen molar-refractivity contribution in [1.82, 2.24) is 25.9 Å². The third-order valence-electron chi connectivity index (χ3n) is 7.58. The molecule has 3 saturated heterocycles. The van der Waals surface area contributed by atoms with Crippen LogP contribution < -0.4 is 16.1 Å². The van der Waals surface area contributed by atoms with Crippen LogP contribution >= 0.6 is 0 Å². The van der Waals surface area contributed by atoms with Crippen molar-refractivity contribution in [2.24, 2.45) is 17.8 Å². The van der Waals surface area contributed by atoms with Gasteiger partial charge in [0.2, 0.25) is 0 Å². The average Bonchev–Trinajstić information content (AvgIpc) is 3.33. The van der Waals surface area contributed by atoms with Gasteiger partial charge in [0.25, 0.3) is 0 Å². The lowest BCUT2D eigenvalue weighted by Gasteiger charge is -2.36. The molecule has 0 aromatic heterocycles. The Hall–Kier alpha value is -0.240. The summed E-state index contributed by atoms with van der Waals surface area (Å²) in [5.74, 6) is 2.44. The van der Waals surface area contributed by atoms with Crippen LogP contribution in [0.1, 0.15) is 58.3 Å². The first-order valence-corrected chi connectivity index (χ1v) is 11.4. The molecule has 3 aliphatic heterocycles. The minimum Gasteiger partial charge on any atom is -0.301 e. The van der Waals surface area contributed by atoms with Gasteiger partial charge in [0.05, 0.1) is 18.4 Å². The summed E-state index contributed by atoms with van der Waals surface area (Å²) in [5, 5.41) is 7.47. The number of nitrogens with one attached hydrogen (secondary N) is 3. The largest absolute Gasteiger partial charge is 0.301 e. The van der Waals surface area contributed by atoms with E-state index in [9.17, 15) is 0 Å². The van der Waals surface area contributed by atoms with Crippen molar-refractivity contribution in [2.75, 3.05) is 33.7 Å². The van der Waals surface area contributed by atoms with Crippen molar-refractivity contribution in [3.63, 3.8) is 0 Å². The fourth-order valence-electron chi connectivity index (χ4n) is 5.67. The molecule has 0 radical (unpaired) electrons. The fraction of sp³-hybridized carbons (Fsp3) is 1.00. The van der Waals surface area contributed by atoms with E-state index in [1.807, 2.05) is 0 Å². The molecule has 6 nitrogen and oxygen atoms in total. The molecule has 1 saturated carbocycles. The van der Waals surface area contributed by atoms with Crippen molar-refractivity contribution in [3.8, 4) is 0 Å². The summed E-state index contributed by atoms with van der Waals surface area (Å²) < 4.78 is 0. The maximum atomic E-state index is 6.07. The van der Waals surface area contributed by atoms with E-state index in [0.29, 0.717) is 18.1 Å². The molecule has 0 bridgehead atoms. The Morgan fingerprint density at radius 1 is 1.04 bits per heavy atom. The number of piperidine rings is 1. The topological polar surface area (TPSA) is 51.8 Å². The highest BCUT2D eigenvalue weighted by Crippen LogP contribution is 2.32. The van der Waals surface area contributed by atoms with Gasteiger partial charge in [-0.2, -0.15) is 5.48 Å². The smallest absolute Gasteiger partial charge is 0.146 e. The standard InChI is InChI=1S/C21H41N5O/c1-15-6-8-16(9-7-15)14-26-12-4-5-18(26)21-23-20(24-27-21)17-10-11-19(22-13-17)25(2)3/h15-24H,4-14H2,1-3H3. The molecule has 6 heteroatoms. The lowest BCUT2D eigenvalue weighted by molar-refractivity contribution is -0.0275. The van der Waals surface area contributed by atoms with E-state index in [0.717, 1.165) is 18.4 Å². The molecule has 0 amide bonds. The zero-order valence-corrected chi connectivity index (χ0v) is 17.6. The number of rotatable bonds is 5. The Morgan fingerprint density at radius 2 is 1.85 bits per heavy atom. The highest BCUT2D eigenvalue weighted by molar-refractivity contribution is 4.92. The molecule has 27 heavy (non-hydrogen) atoms. The number of hydroxylamine groups is 1. The second-order valence-electron chi connectivity index (χ2n) is 9.86. The first-order chi connectivity index (χ1) is 13.1. The van der Waals surface area contributed by atoms with Crippen LogP contribution in [-0.4, -0.2) is 68.1 Å². The summed E-state index contributed by atoms with van der Waals surface area (Å²) in [6.45, 7) is 5.99. The Bertz CT molecular complexity index is 459. The molecule has 4 fully saturated rings. The van der Waals surface area contributed by atoms with Crippen molar-refractivity contribution >= 4 is 0 Å². The fourth-order valence-corrected chi connectivity index (χ4v) is 5.67. The Labute approximate surface area is 165 Å². The summed E-state index contributed by atoms with van der Waals surface area (Å²) in [5.41, 5.74) is 3.34. The number of hydrogen-bond acceptors (Lipinski definition) is 6. The molecular weight excluding hydrogens is 338 g/mol. The third kappa shape index (κ3) is 4.85. The summed E-state index contributed by atoms with van der Waals surface area (Å²) >= 11 is 0. The van der Waals surface area contributed by atoms with Gasteiger partial charge < -0.3 is 5.32 Å². The lowest BCUT2D eigenvalue weighted by Crippen LogP contribution is -2.54. The predicted molar refractivity (Wildman–Crippen MR) is 109 cm³/mol. The summed E-state index contributed by atoms with van der Waals surface area (Å²) in [6, 6.07) is 0.535. The van der Waals surface area contributed by atoms with Crippen LogP contribution in [0, 0.1) is 17.8 Å². The molecule has 4 rings (SSSR count). The van der Waals surface area contributed by atoms with Gasteiger partial charge in [0.1, 0.15) is 6.23 Å². The number of nitrogens with zero attached hydrogens (tertiary/aromatic N) is 2. The van der Waals surface area contributed by atoms with Crippen LogP contribution in [0.15, 0.2) is 0 Å². The Morgan fingerprint density at radius 3 is 2.56 bits per heavy atom. The summed E-state index contributed by atoms with van der Waals surface area (Å²) in [4.78, 5) is 11.1. The molecule has 5 unspecified atom stereocenters. The monoisotopic (exact) mass is 379 g/mol. The Kier molecular flexibility index (Phi) is 6.72. The molecule has 3 heterocycles. The zero-order valence-electron chi connectivity index (χ0n) is 17.6. The molecular formula is C21H41N5O. The number of likely N-dealkylation sites (tertiary alicyclic amines) is 1. The normalized spacial score (nSPS) is 44.2. The quantitative estimate of drug-likeness (QED) is 0.679. The first kappa shape index (κ1) is 20.0. The molecule has 0 aromatic carbocycles. The molecule has 156 valence electrons. The molecule has 0 spiro atoms. The SMILES string of the molecule is CC1CCC(CN2CCCC2C2NC(C3CCC(N(C)C)NC3)NO2)CC1. The van der Waals surface area contributed by atoms with Gasteiger partial charge in [0, 0.05) is 19.0 Å². The van der Waals surface area contributed by atoms with Gasteiger partial charge in [-0.1, -0.05) is 19.8 Å². The van der Waals surface area contributed by atoms with Crippen LogP contribution in [0.4, 0.5) is 0 Å². The molecule has 5 atom stereocenters. The van der Waals surface area contributed by atoms with Crippen molar-refractivity contribution in [3.05, 3.63) is 0 Å². The van der Waals surface area contributed by atoms with Crippen LogP contribution in [0.3, 0.4) is 0 Å². The van der Waals surface area contributed by atoms with Gasteiger partial charge in [-0.25, -0.2) is 0 Å². The zero-order chi connectivity index (χ0) is 18.8. The maximum Gasteiger partial charge on any atom is 0.146 e. The van der Waals surface area contributed by atoms with Gasteiger partial charge in [-0.3, -0.25) is 20.0 Å². The molecule has 4 aliphatic rings. The number of hydrogen-bond donors (Lipinski definition) is 3. The van der Waals surface area contributed by atoms with E-state index in [1.54, 1.807) is 0 Å². The van der Waals surface area contributed by atoms with Crippen molar-refractivity contribution in [1.29, 1.82) is 0 Å². The van der Waals surface area contributed by atoms with Crippen LogP contribution in [0.2, 0.25) is 0 Å². The van der Waals surface area contributed by atoms with Crippen LogP contribution in [0.5, 0.6) is 0 Å². The van der Waals surface area contributed by atoms with E-state index in [-0.39, 0.29) is 12.4 Å².